The van der Waals surface area contributed by atoms with Gasteiger partial charge in [-0.05, 0) is 5.56 Å². The Labute approximate surface area is 151 Å². The second kappa shape index (κ2) is 9.65. The number of thioether (sulfide) groups is 1. The number of nitrogens with one attached hydrogen (secondary N) is 1. The van der Waals surface area contributed by atoms with Crippen molar-refractivity contribution in [3.63, 3.8) is 0 Å². The molecule has 0 spiro atoms. The molecule has 0 atom stereocenters. The summed E-state index contributed by atoms with van der Waals surface area (Å²) >= 11 is 1.29. The normalized spacial score (nSPS) is 10.1. The van der Waals surface area contributed by atoms with Gasteiger partial charge in [-0.15, -0.1) is 11.8 Å². The molecule has 0 saturated carbocycles. The Bertz CT molecular complexity index is 797. The molecule has 0 saturated heterocycles. The van der Waals surface area contributed by atoms with E-state index in [1.54, 1.807) is 7.11 Å². The summed E-state index contributed by atoms with van der Waals surface area (Å²) in [6, 6.07) is 13.7. The van der Waals surface area contributed by atoms with Crippen molar-refractivity contribution in [2.45, 2.75) is 5.03 Å². The highest BCUT2D eigenvalue weighted by Crippen LogP contribution is 2.36. The fourth-order valence-corrected chi connectivity index (χ4v) is 3.05. The number of aromatic nitrogens is 1. The SMILES string of the molecule is COCCNc1nc(SCCO)c(C#N)c(-c2ccccc2)c1C#N. The number of benzene rings is 1. The molecule has 25 heavy (non-hydrogen) atoms. The maximum absolute atomic E-state index is 9.69. The Morgan fingerprint density at radius 3 is 2.52 bits per heavy atom. The summed E-state index contributed by atoms with van der Waals surface area (Å²) in [6.07, 6.45) is 0. The number of aliphatic hydroxyl groups is 1. The van der Waals surface area contributed by atoms with Crippen LogP contribution in [-0.2, 0) is 4.74 Å². The van der Waals surface area contributed by atoms with Gasteiger partial charge in [0.25, 0.3) is 0 Å². The number of aliphatic hydroxyl groups excluding tert-OH is 1. The predicted octanol–water partition coefficient (Wildman–Crippen LogP) is 2.63. The van der Waals surface area contributed by atoms with Crippen LogP contribution in [0.25, 0.3) is 11.1 Å². The Morgan fingerprint density at radius 1 is 1.20 bits per heavy atom. The Hall–Kier alpha value is -2.58. The minimum absolute atomic E-state index is 0.0235. The Kier molecular flexibility index (Phi) is 7.24. The van der Waals surface area contributed by atoms with E-state index in [-0.39, 0.29) is 6.61 Å². The average molecular weight is 354 g/mol. The van der Waals surface area contributed by atoms with E-state index in [1.807, 2.05) is 30.3 Å². The van der Waals surface area contributed by atoms with Gasteiger partial charge < -0.3 is 15.2 Å². The van der Waals surface area contributed by atoms with Crippen molar-refractivity contribution in [1.82, 2.24) is 4.98 Å². The van der Waals surface area contributed by atoms with Crippen LogP contribution in [0.5, 0.6) is 0 Å². The highest BCUT2D eigenvalue weighted by molar-refractivity contribution is 7.99. The average Bonchev–Trinajstić information content (AvgIpc) is 2.66. The van der Waals surface area contributed by atoms with Gasteiger partial charge >= 0.3 is 0 Å². The third kappa shape index (κ3) is 4.49. The van der Waals surface area contributed by atoms with Gasteiger partial charge in [0.2, 0.25) is 0 Å². The zero-order chi connectivity index (χ0) is 18.1. The first-order valence-electron chi connectivity index (χ1n) is 7.66. The van der Waals surface area contributed by atoms with E-state index in [9.17, 15) is 10.5 Å². The molecular formula is C18H18N4O2S. The highest BCUT2D eigenvalue weighted by Gasteiger charge is 2.21. The quantitative estimate of drug-likeness (QED) is 0.555. The smallest absolute Gasteiger partial charge is 0.146 e. The van der Waals surface area contributed by atoms with Gasteiger partial charge in [0, 0.05) is 25.0 Å². The van der Waals surface area contributed by atoms with Crippen molar-refractivity contribution in [1.29, 1.82) is 10.5 Å². The Balaban J connectivity index is 2.65. The first-order chi connectivity index (χ1) is 12.3. The molecule has 6 nitrogen and oxygen atoms in total. The lowest BCUT2D eigenvalue weighted by atomic mass is 9.97. The van der Waals surface area contributed by atoms with Crippen LogP contribution >= 0.6 is 11.8 Å². The molecule has 0 unspecified atom stereocenters. The van der Waals surface area contributed by atoms with Crippen molar-refractivity contribution in [2.24, 2.45) is 0 Å². The number of methoxy groups -OCH3 is 1. The van der Waals surface area contributed by atoms with E-state index in [1.165, 1.54) is 11.8 Å². The van der Waals surface area contributed by atoms with Gasteiger partial charge in [0.15, 0.2) is 0 Å². The zero-order valence-electron chi connectivity index (χ0n) is 13.8. The van der Waals surface area contributed by atoms with Crippen molar-refractivity contribution >= 4 is 17.6 Å². The molecule has 1 aromatic carbocycles. The first kappa shape index (κ1) is 18.8. The summed E-state index contributed by atoms with van der Waals surface area (Å²) in [6.45, 7) is 0.930. The third-order valence-corrected chi connectivity index (χ3v) is 4.33. The summed E-state index contributed by atoms with van der Waals surface area (Å²) in [4.78, 5) is 4.45. The van der Waals surface area contributed by atoms with Crippen molar-refractivity contribution in [3.05, 3.63) is 41.5 Å². The topological polar surface area (TPSA) is 102 Å². The van der Waals surface area contributed by atoms with Crippen LogP contribution in [0, 0.1) is 22.7 Å². The molecule has 128 valence electrons. The molecule has 1 heterocycles. The van der Waals surface area contributed by atoms with E-state index < -0.39 is 0 Å². The van der Waals surface area contributed by atoms with Gasteiger partial charge in [-0.2, -0.15) is 10.5 Å². The van der Waals surface area contributed by atoms with Crippen molar-refractivity contribution < 1.29 is 9.84 Å². The van der Waals surface area contributed by atoms with Gasteiger partial charge in [0.05, 0.1) is 18.8 Å². The van der Waals surface area contributed by atoms with E-state index in [2.05, 4.69) is 22.4 Å². The summed E-state index contributed by atoms with van der Waals surface area (Å²) in [5, 5.41) is 32.1. The molecule has 2 aromatic rings. The van der Waals surface area contributed by atoms with E-state index in [0.29, 0.717) is 46.4 Å². The summed E-state index contributed by atoms with van der Waals surface area (Å²) < 4.78 is 5.03. The number of hydrogen-bond donors (Lipinski definition) is 2. The monoisotopic (exact) mass is 354 g/mol. The number of ether oxygens (including phenoxy) is 1. The van der Waals surface area contributed by atoms with Crippen LogP contribution in [-0.4, -0.2) is 42.7 Å². The number of nitrogens with zero attached hydrogens (tertiary/aromatic N) is 3. The molecule has 2 N–H and O–H groups in total. The second-order valence-electron chi connectivity index (χ2n) is 4.97. The molecule has 7 heteroatoms. The first-order valence-corrected chi connectivity index (χ1v) is 8.65. The van der Waals surface area contributed by atoms with E-state index >= 15 is 0 Å². The van der Waals surface area contributed by atoms with Gasteiger partial charge in [-0.1, -0.05) is 30.3 Å². The lowest BCUT2D eigenvalue weighted by Crippen LogP contribution is -2.12. The van der Waals surface area contributed by atoms with Crippen LogP contribution in [0.2, 0.25) is 0 Å². The number of hydrogen-bond acceptors (Lipinski definition) is 7. The van der Waals surface area contributed by atoms with E-state index in [4.69, 9.17) is 9.84 Å². The number of anilines is 1. The number of nitriles is 2. The fraction of sp³-hybridized carbons (Fsp3) is 0.278. The predicted molar refractivity (Wildman–Crippen MR) is 97.3 cm³/mol. The third-order valence-electron chi connectivity index (χ3n) is 3.38. The van der Waals surface area contributed by atoms with E-state index in [0.717, 1.165) is 5.56 Å². The lowest BCUT2D eigenvalue weighted by molar-refractivity contribution is 0.210. The van der Waals surface area contributed by atoms with Crippen molar-refractivity contribution in [2.75, 3.05) is 37.9 Å². The molecule has 0 aliphatic heterocycles. The molecule has 2 rings (SSSR count). The maximum atomic E-state index is 9.69. The standard InChI is InChI=1S/C18H18N4O2S/c1-24-9-7-21-17-14(11-19)16(13-5-3-2-4-6-13)15(12-20)18(22-17)25-10-8-23/h2-6,23H,7-10H2,1H3,(H,21,22). The molecule has 0 radical (unpaired) electrons. The van der Waals surface area contributed by atoms with Gasteiger partial charge in [0.1, 0.15) is 28.5 Å². The molecule has 0 amide bonds. The molecule has 0 fully saturated rings. The molecule has 0 aliphatic rings. The zero-order valence-corrected chi connectivity index (χ0v) is 14.6. The van der Waals surface area contributed by atoms with Crippen LogP contribution in [0.4, 0.5) is 5.82 Å². The fourth-order valence-electron chi connectivity index (χ4n) is 2.32. The van der Waals surface area contributed by atoms with Crippen LogP contribution < -0.4 is 5.32 Å². The molecular weight excluding hydrogens is 336 g/mol. The van der Waals surface area contributed by atoms with Gasteiger partial charge in [-0.3, -0.25) is 0 Å². The minimum Gasteiger partial charge on any atom is -0.396 e. The highest BCUT2D eigenvalue weighted by atomic mass is 32.2. The lowest BCUT2D eigenvalue weighted by Gasteiger charge is -2.15. The Morgan fingerprint density at radius 2 is 1.92 bits per heavy atom. The maximum Gasteiger partial charge on any atom is 0.146 e. The second-order valence-corrected chi connectivity index (χ2v) is 6.06. The summed E-state index contributed by atoms with van der Waals surface area (Å²) in [7, 11) is 1.59. The molecule has 0 aliphatic carbocycles. The molecule has 1 aromatic heterocycles. The van der Waals surface area contributed by atoms with Gasteiger partial charge in [-0.25, -0.2) is 4.98 Å². The number of pyridine rings is 1. The number of rotatable bonds is 8. The minimum atomic E-state index is -0.0235. The van der Waals surface area contributed by atoms with Crippen LogP contribution in [0.1, 0.15) is 11.1 Å². The van der Waals surface area contributed by atoms with Crippen LogP contribution in [0.3, 0.4) is 0 Å². The van der Waals surface area contributed by atoms with Crippen molar-refractivity contribution in [3.8, 4) is 23.3 Å². The molecule has 0 bridgehead atoms. The summed E-state index contributed by atoms with van der Waals surface area (Å²) in [5.41, 5.74) is 2.00. The van der Waals surface area contributed by atoms with Crippen LogP contribution in [0.15, 0.2) is 35.4 Å². The summed E-state index contributed by atoms with van der Waals surface area (Å²) in [5.74, 6) is 0.831. The largest absolute Gasteiger partial charge is 0.396 e.